The van der Waals surface area contributed by atoms with Gasteiger partial charge in [-0.15, -0.1) is 0 Å². The first-order valence-electron chi connectivity index (χ1n) is 6.80. The Labute approximate surface area is 129 Å². The summed E-state index contributed by atoms with van der Waals surface area (Å²) in [4.78, 5) is 0. The lowest BCUT2D eigenvalue weighted by molar-refractivity contribution is -0.0166. The van der Waals surface area contributed by atoms with Gasteiger partial charge in [0.1, 0.15) is 0 Å². The van der Waals surface area contributed by atoms with Crippen molar-refractivity contribution in [3.05, 3.63) is 70.2 Å². The first-order valence-corrected chi connectivity index (χ1v) is 7.59. The number of hydrogen-bond acceptors (Lipinski definition) is 2. The number of benzene rings is 2. The summed E-state index contributed by atoms with van der Waals surface area (Å²) >= 11 is 3.58. The van der Waals surface area contributed by atoms with Crippen molar-refractivity contribution in [2.75, 3.05) is 0 Å². The molecule has 106 valence electrons. The summed E-state index contributed by atoms with van der Waals surface area (Å²) in [6, 6.07) is 18.2. The van der Waals surface area contributed by atoms with Gasteiger partial charge in [0, 0.05) is 10.5 Å². The molecule has 20 heavy (non-hydrogen) atoms. The van der Waals surface area contributed by atoms with E-state index in [0.29, 0.717) is 0 Å². The molecule has 0 spiro atoms. The van der Waals surface area contributed by atoms with E-state index in [2.05, 4.69) is 41.1 Å². The molecule has 2 aromatic carbocycles. The SMILES string of the molecule is CC(OC(c1ccccc1Br)C(C)N)c1ccccc1. The van der Waals surface area contributed by atoms with Crippen molar-refractivity contribution < 1.29 is 4.74 Å². The van der Waals surface area contributed by atoms with Gasteiger partial charge in [-0.2, -0.15) is 0 Å². The molecule has 0 saturated carbocycles. The number of rotatable bonds is 5. The fourth-order valence-corrected chi connectivity index (χ4v) is 2.72. The Balaban J connectivity index is 2.21. The Hall–Kier alpha value is -1.16. The number of ether oxygens (including phenoxy) is 1. The van der Waals surface area contributed by atoms with Crippen LogP contribution in [0.5, 0.6) is 0 Å². The van der Waals surface area contributed by atoms with Crippen LogP contribution in [0.25, 0.3) is 0 Å². The first kappa shape index (κ1) is 15.2. The molecular weight excluding hydrogens is 314 g/mol. The molecule has 0 bridgehead atoms. The Morgan fingerprint density at radius 1 is 0.950 bits per heavy atom. The highest BCUT2D eigenvalue weighted by Crippen LogP contribution is 2.32. The van der Waals surface area contributed by atoms with Gasteiger partial charge in [-0.25, -0.2) is 0 Å². The Morgan fingerprint density at radius 3 is 2.15 bits per heavy atom. The molecule has 3 atom stereocenters. The first-order chi connectivity index (χ1) is 9.59. The van der Waals surface area contributed by atoms with Crippen molar-refractivity contribution in [2.24, 2.45) is 5.73 Å². The maximum absolute atomic E-state index is 6.21. The monoisotopic (exact) mass is 333 g/mol. The normalized spacial score (nSPS) is 15.6. The lowest BCUT2D eigenvalue weighted by Crippen LogP contribution is -2.28. The average molecular weight is 334 g/mol. The Bertz CT molecular complexity index is 542. The van der Waals surface area contributed by atoms with Crippen LogP contribution in [-0.4, -0.2) is 6.04 Å². The van der Waals surface area contributed by atoms with Crippen molar-refractivity contribution >= 4 is 15.9 Å². The summed E-state index contributed by atoms with van der Waals surface area (Å²) in [6.07, 6.45) is -0.139. The molecule has 3 unspecified atom stereocenters. The van der Waals surface area contributed by atoms with E-state index in [0.717, 1.165) is 15.6 Å². The van der Waals surface area contributed by atoms with Crippen molar-refractivity contribution in [3.8, 4) is 0 Å². The molecule has 2 aromatic rings. The van der Waals surface area contributed by atoms with Crippen LogP contribution in [0.15, 0.2) is 59.1 Å². The highest BCUT2D eigenvalue weighted by molar-refractivity contribution is 9.10. The summed E-state index contributed by atoms with van der Waals surface area (Å²) in [5.41, 5.74) is 8.36. The summed E-state index contributed by atoms with van der Waals surface area (Å²) < 4.78 is 7.24. The molecule has 0 aliphatic heterocycles. The van der Waals surface area contributed by atoms with Crippen molar-refractivity contribution in [1.29, 1.82) is 0 Å². The molecule has 0 fully saturated rings. The molecule has 0 aliphatic carbocycles. The molecule has 2 N–H and O–H groups in total. The van der Waals surface area contributed by atoms with E-state index < -0.39 is 0 Å². The van der Waals surface area contributed by atoms with Gasteiger partial charge in [-0.05, 0) is 31.0 Å². The summed E-state index contributed by atoms with van der Waals surface area (Å²) in [6.45, 7) is 4.03. The fourth-order valence-electron chi connectivity index (χ4n) is 2.21. The third-order valence-electron chi connectivity index (χ3n) is 3.31. The van der Waals surface area contributed by atoms with E-state index in [9.17, 15) is 0 Å². The van der Waals surface area contributed by atoms with Crippen LogP contribution in [-0.2, 0) is 4.74 Å². The van der Waals surface area contributed by atoms with E-state index in [1.807, 2.05) is 43.3 Å². The van der Waals surface area contributed by atoms with Gasteiger partial charge in [0.05, 0.1) is 12.2 Å². The molecule has 0 aromatic heterocycles. The van der Waals surface area contributed by atoms with E-state index in [1.165, 1.54) is 0 Å². The smallest absolute Gasteiger partial charge is 0.0992 e. The standard InChI is InChI=1S/C17H20BrNO/c1-12(19)17(15-10-6-7-11-16(15)18)20-13(2)14-8-4-3-5-9-14/h3-13,17H,19H2,1-2H3. The summed E-state index contributed by atoms with van der Waals surface area (Å²) in [5.74, 6) is 0. The second-order valence-electron chi connectivity index (χ2n) is 4.99. The van der Waals surface area contributed by atoms with Crippen LogP contribution < -0.4 is 5.73 Å². The number of halogens is 1. The third-order valence-corrected chi connectivity index (χ3v) is 4.03. The van der Waals surface area contributed by atoms with Crippen LogP contribution in [0.3, 0.4) is 0 Å². The second kappa shape index (κ2) is 7.02. The van der Waals surface area contributed by atoms with Gasteiger partial charge < -0.3 is 10.5 Å². The predicted molar refractivity (Wildman–Crippen MR) is 86.5 cm³/mol. The number of hydrogen-bond donors (Lipinski definition) is 1. The molecule has 2 nitrogen and oxygen atoms in total. The lowest BCUT2D eigenvalue weighted by atomic mass is 10.0. The zero-order valence-electron chi connectivity index (χ0n) is 11.8. The molecule has 2 rings (SSSR count). The average Bonchev–Trinajstić information content (AvgIpc) is 2.46. The van der Waals surface area contributed by atoms with E-state index in [-0.39, 0.29) is 18.2 Å². The highest BCUT2D eigenvalue weighted by atomic mass is 79.9. The fraction of sp³-hybridized carbons (Fsp3) is 0.294. The highest BCUT2D eigenvalue weighted by Gasteiger charge is 2.22. The maximum Gasteiger partial charge on any atom is 0.0992 e. The molecule has 0 radical (unpaired) electrons. The minimum Gasteiger partial charge on any atom is -0.364 e. The minimum atomic E-state index is -0.138. The van der Waals surface area contributed by atoms with Gasteiger partial charge in [-0.1, -0.05) is 64.5 Å². The molecular formula is C17H20BrNO. The zero-order valence-corrected chi connectivity index (χ0v) is 13.4. The second-order valence-corrected chi connectivity index (χ2v) is 5.84. The van der Waals surface area contributed by atoms with Gasteiger partial charge >= 0.3 is 0 Å². The van der Waals surface area contributed by atoms with E-state index in [1.54, 1.807) is 0 Å². The summed E-state index contributed by atoms with van der Waals surface area (Å²) in [5, 5.41) is 0. The maximum atomic E-state index is 6.21. The number of nitrogens with two attached hydrogens (primary N) is 1. The minimum absolute atomic E-state index is 0.000642. The van der Waals surface area contributed by atoms with Gasteiger partial charge in [0.2, 0.25) is 0 Å². The van der Waals surface area contributed by atoms with Crippen molar-refractivity contribution in [1.82, 2.24) is 0 Å². The molecule has 0 aliphatic rings. The van der Waals surface area contributed by atoms with E-state index in [4.69, 9.17) is 10.5 Å². The topological polar surface area (TPSA) is 35.2 Å². The van der Waals surface area contributed by atoms with E-state index >= 15 is 0 Å². The van der Waals surface area contributed by atoms with Crippen LogP contribution in [0.1, 0.15) is 37.2 Å². The van der Waals surface area contributed by atoms with Crippen molar-refractivity contribution in [2.45, 2.75) is 32.1 Å². The van der Waals surface area contributed by atoms with Crippen LogP contribution in [0.4, 0.5) is 0 Å². The molecule has 3 heteroatoms. The molecule has 0 saturated heterocycles. The van der Waals surface area contributed by atoms with Gasteiger partial charge in [-0.3, -0.25) is 0 Å². The Morgan fingerprint density at radius 2 is 1.55 bits per heavy atom. The predicted octanol–water partition coefficient (Wildman–Crippen LogP) is 4.62. The quantitative estimate of drug-likeness (QED) is 0.866. The van der Waals surface area contributed by atoms with Crippen molar-refractivity contribution in [3.63, 3.8) is 0 Å². The zero-order chi connectivity index (χ0) is 14.5. The van der Waals surface area contributed by atoms with Crippen LogP contribution in [0.2, 0.25) is 0 Å². The van der Waals surface area contributed by atoms with Gasteiger partial charge in [0.15, 0.2) is 0 Å². The van der Waals surface area contributed by atoms with Crippen LogP contribution >= 0.6 is 15.9 Å². The molecule has 0 amide bonds. The third kappa shape index (κ3) is 3.69. The van der Waals surface area contributed by atoms with Crippen LogP contribution in [0, 0.1) is 0 Å². The largest absolute Gasteiger partial charge is 0.364 e. The lowest BCUT2D eigenvalue weighted by Gasteiger charge is -2.27. The van der Waals surface area contributed by atoms with Gasteiger partial charge in [0.25, 0.3) is 0 Å². The molecule has 0 heterocycles. The Kier molecular flexibility index (Phi) is 5.35. The summed E-state index contributed by atoms with van der Waals surface area (Å²) in [7, 11) is 0.